The summed E-state index contributed by atoms with van der Waals surface area (Å²) in [5.41, 5.74) is 0. The molecule has 0 radical (unpaired) electrons. The Labute approximate surface area is 97.7 Å². The highest BCUT2D eigenvalue weighted by Crippen LogP contribution is 2.30. The molecule has 0 saturated carbocycles. The van der Waals surface area contributed by atoms with E-state index >= 15 is 0 Å². The van der Waals surface area contributed by atoms with Crippen LogP contribution in [0.2, 0.25) is 0 Å². The molecule has 0 atom stereocenters. The molecule has 1 aromatic rings. The summed E-state index contributed by atoms with van der Waals surface area (Å²) in [4.78, 5) is 0.0928. The molecular formula is C9H13BrO3S2. The number of hydrogen-bond donors (Lipinski definition) is 0. The van der Waals surface area contributed by atoms with Crippen molar-refractivity contribution in [1.29, 1.82) is 0 Å². The molecule has 0 fully saturated rings. The van der Waals surface area contributed by atoms with E-state index in [2.05, 4.69) is 15.9 Å². The molecule has 0 unspecified atom stereocenters. The molecule has 0 aliphatic heterocycles. The highest BCUT2D eigenvalue weighted by molar-refractivity contribution is 9.10. The second-order valence-electron chi connectivity index (χ2n) is 4.20. The zero-order valence-corrected chi connectivity index (χ0v) is 11.9. The average molecular weight is 313 g/mol. The molecule has 3 nitrogen and oxygen atoms in total. The fourth-order valence-corrected chi connectivity index (χ4v) is 4.62. The number of hydrogen-bond acceptors (Lipinski definition) is 3. The molecule has 0 spiro atoms. The maximum Gasteiger partial charge on any atom is 0.236 e. The van der Waals surface area contributed by atoms with Gasteiger partial charge in [-0.25, -0.2) is 8.42 Å². The number of benzene rings is 1. The van der Waals surface area contributed by atoms with Crippen molar-refractivity contribution >= 4 is 32.9 Å². The van der Waals surface area contributed by atoms with Crippen molar-refractivity contribution < 1.29 is 12.6 Å². The number of halogens is 1. The lowest BCUT2D eigenvalue weighted by molar-refractivity contribution is 0.603. The highest BCUT2D eigenvalue weighted by atomic mass is 79.9. The Bertz CT molecular complexity index is 526. The lowest BCUT2D eigenvalue weighted by Crippen LogP contribution is -2.37. The first-order chi connectivity index (χ1) is 6.51. The van der Waals surface area contributed by atoms with Crippen molar-refractivity contribution in [2.24, 2.45) is 0 Å². The van der Waals surface area contributed by atoms with E-state index in [0.29, 0.717) is 0 Å². The predicted molar refractivity (Wildman–Crippen MR) is 67.2 cm³/mol. The average Bonchev–Trinajstić information content (AvgIpc) is 2.01. The Morgan fingerprint density at radius 3 is 1.80 bits per heavy atom. The zero-order chi connectivity index (χ0) is 11.9. The Morgan fingerprint density at radius 1 is 1.07 bits per heavy atom. The monoisotopic (exact) mass is 312 g/mol. The second kappa shape index (κ2) is 3.40. The normalized spacial score (nSPS) is 15.6. The van der Waals surface area contributed by atoms with Crippen LogP contribution in [0.25, 0.3) is 0 Å². The van der Waals surface area contributed by atoms with E-state index in [9.17, 15) is 12.6 Å². The van der Waals surface area contributed by atoms with Crippen molar-refractivity contribution in [2.45, 2.75) is 4.90 Å². The van der Waals surface area contributed by atoms with Gasteiger partial charge in [-0.2, -0.15) is 0 Å². The van der Waals surface area contributed by atoms with Crippen LogP contribution in [0.5, 0.6) is 0 Å². The van der Waals surface area contributed by atoms with E-state index in [-0.39, 0.29) is 4.90 Å². The summed E-state index contributed by atoms with van der Waals surface area (Å²) < 4.78 is 36.9. The fourth-order valence-electron chi connectivity index (χ4n) is 0.929. The molecule has 6 heteroatoms. The summed E-state index contributed by atoms with van der Waals surface area (Å²) >= 11 is 3.21. The quantitative estimate of drug-likeness (QED) is 0.783. The molecule has 1 aromatic carbocycles. The topological polar surface area (TPSA) is 51.2 Å². The van der Waals surface area contributed by atoms with Crippen LogP contribution in [0.4, 0.5) is 0 Å². The summed E-state index contributed by atoms with van der Waals surface area (Å²) in [6.07, 6.45) is 3.82. The molecule has 0 aromatic heterocycles. The molecule has 0 N–H and O–H groups in total. The first-order valence-corrected chi connectivity index (χ1v) is 10.1. The maximum absolute atomic E-state index is 12.1. The van der Waals surface area contributed by atoms with Crippen LogP contribution in [0.3, 0.4) is 0 Å². The van der Waals surface area contributed by atoms with Gasteiger partial charge in [-0.15, -0.1) is 0 Å². The minimum atomic E-state index is -3.76. The van der Waals surface area contributed by atoms with Crippen LogP contribution in [0.15, 0.2) is 33.6 Å². The van der Waals surface area contributed by atoms with E-state index in [4.69, 9.17) is 0 Å². The lowest BCUT2D eigenvalue weighted by Gasteiger charge is -2.28. The third-order valence-electron chi connectivity index (χ3n) is 1.85. The Morgan fingerprint density at radius 2 is 1.47 bits per heavy atom. The fraction of sp³-hybridized carbons (Fsp3) is 0.333. The minimum Gasteiger partial charge on any atom is -0.268 e. The van der Waals surface area contributed by atoms with E-state index in [1.54, 1.807) is 12.1 Å². The van der Waals surface area contributed by atoms with Crippen molar-refractivity contribution in [2.75, 3.05) is 18.8 Å². The van der Waals surface area contributed by atoms with Gasteiger partial charge in [0, 0.05) is 23.2 Å². The predicted octanol–water partition coefficient (Wildman–Crippen LogP) is 1.85. The molecule has 15 heavy (non-hydrogen) atoms. The van der Waals surface area contributed by atoms with E-state index < -0.39 is 17.0 Å². The Kier molecular flexibility index (Phi) is 2.91. The molecule has 1 rings (SSSR count). The van der Waals surface area contributed by atoms with E-state index in [0.717, 1.165) is 4.47 Å². The van der Waals surface area contributed by atoms with Gasteiger partial charge in [0.05, 0.1) is 4.90 Å². The van der Waals surface area contributed by atoms with Gasteiger partial charge in [-0.1, -0.05) is 15.9 Å². The van der Waals surface area contributed by atoms with E-state index in [1.807, 2.05) is 0 Å². The van der Waals surface area contributed by atoms with Crippen LogP contribution in [-0.2, 0) is 17.0 Å². The van der Waals surface area contributed by atoms with Gasteiger partial charge < -0.3 is 0 Å². The standard InChI is InChI=1S/C9H13BrO3S2/c1-15(2,3,13)14(11,12)9-6-4-8(10)5-7-9/h4-7H,1-3H3. The highest BCUT2D eigenvalue weighted by Gasteiger charge is 2.36. The lowest BCUT2D eigenvalue weighted by atomic mass is 10.4. The van der Waals surface area contributed by atoms with Gasteiger partial charge in [0.2, 0.25) is 8.87 Å². The van der Waals surface area contributed by atoms with Crippen LogP contribution in [0.1, 0.15) is 0 Å². The summed E-state index contributed by atoms with van der Waals surface area (Å²) in [5.74, 6) is 0. The largest absolute Gasteiger partial charge is 0.268 e. The van der Waals surface area contributed by atoms with Gasteiger partial charge >= 0.3 is 0 Å². The molecule has 0 aliphatic carbocycles. The van der Waals surface area contributed by atoms with Gasteiger partial charge in [-0.05, 0) is 32.4 Å². The minimum absolute atomic E-state index is 0.0928. The van der Waals surface area contributed by atoms with Crippen LogP contribution in [0, 0.1) is 0 Å². The molecule has 0 saturated heterocycles. The SMILES string of the molecule is CS(C)(C)(=O)S(=O)(=O)c1ccc(Br)cc1. The van der Waals surface area contributed by atoms with Crippen LogP contribution >= 0.6 is 15.9 Å². The molecule has 0 aliphatic rings. The van der Waals surface area contributed by atoms with Crippen molar-refractivity contribution in [3.05, 3.63) is 28.7 Å². The van der Waals surface area contributed by atoms with Gasteiger partial charge in [0.1, 0.15) is 0 Å². The molecule has 0 amide bonds. The van der Waals surface area contributed by atoms with Crippen molar-refractivity contribution in [3.63, 3.8) is 0 Å². The maximum atomic E-state index is 12.1. The third-order valence-corrected chi connectivity index (χ3v) is 9.79. The molecule has 0 heterocycles. The van der Waals surface area contributed by atoms with Crippen LogP contribution < -0.4 is 0 Å². The smallest absolute Gasteiger partial charge is 0.236 e. The molecule has 0 bridgehead atoms. The third kappa shape index (κ3) is 2.49. The molecule has 86 valence electrons. The summed E-state index contributed by atoms with van der Waals surface area (Å²) in [6.45, 7) is 0. The first kappa shape index (κ1) is 12.9. The summed E-state index contributed by atoms with van der Waals surface area (Å²) in [7, 11) is -7.41. The van der Waals surface area contributed by atoms with Crippen molar-refractivity contribution in [1.82, 2.24) is 0 Å². The van der Waals surface area contributed by atoms with Gasteiger partial charge in [0.25, 0.3) is 0 Å². The Hall–Kier alpha value is -0.200. The van der Waals surface area contributed by atoms with Gasteiger partial charge in [0.15, 0.2) is 0 Å². The summed E-state index contributed by atoms with van der Waals surface area (Å²) in [5, 5.41) is 0. The molecular weight excluding hydrogens is 300 g/mol. The van der Waals surface area contributed by atoms with Crippen LogP contribution in [-0.4, -0.2) is 31.4 Å². The number of rotatable bonds is 2. The first-order valence-electron chi connectivity index (χ1n) is 4.11. The van der Waals surface area contributed by atoms with Crippen molar-refractivity contribution in [3.8, 4) is 0 Å². The summed E-state index contributed by atoms with van der Waals surface area (Å²) in [6, 6.07) is 6.13. The second-order valence-corrected chi connectivity index (χ2v) is 15.8. The van der Waals surface area contributed by atoms with E-state index in [1.165, 1.54) is 30.9 Å². The zero-order valence-electron chi connectivity index (χ0n) is 8.73. The van der Waals surface area contributed by atoms with Gasteiger partial charge in [-0.3, -0.25) is 4.21 Å². The Balaban J connectivity index is 3.45.